The van der Waals surface area contributed by atoms with Gasteiger partial charge in [0.25, 0.3) is 0 Å². The summed E-state index contributed by atoms with van der Waals surface area (Å²) in [6, 6.07) is 51.2. The Balaban J connectivity index is 1.32. The van der Waals surface area contributed by atoms with Gasteiger partial charge in [-0.2, -0.15) is 0 Å². The highest BCUT2D eigenvalue weighted by Crippen LogP contribution is 2.44. The Morgan fingerprint density at radius 3 is 2.16 bits per heavy atom. The zero-order chi connectivity index (χ0) is 28.3. The van der Waals surface area contributed by atoms with E-state index in [-0.39, 0.29) is 0 Å². The second-order valence-corrected chi connectivity index (χ2v) is 11.8. The van der Waals surface area contributed by atoms with E-state index >= 15 is 0 Å². The lowest BCUT2D eigenvalue weighted by Gasteiger charge is -2.26. The van der Waals surface area contributed by atoms with Crippen LogP contribution in [0.4, 0.5) is 17.1 Å². The first-order valence-corrected chi connectivity index (χ1v) is 15.2. The molecule has 0 aliphatic carbocycles. The van der Waals surface area contributed by atoms with Crippen LogP contribution in [0.15, 0.2) is 150 Å². The topological polar surface area (TPSA) is 29.3 Å². The van der Waals surface area contributed by atoms with Crippen molar-refractivity contribution in [1.29, 1.82) is 0 Å². The van der Waals surface area contributed by atoms with Gasteiger partial charge in [-0.3, -0.25) is 0 Å². The van der Waals surface area contributed by atoms with Crippen molar-refractivity contribution >= 4 is 82.1 Å². The lowest BCUT2D eigenvalue weighted by atomic mass is 10.0. The molecule has 0 saturated carbocycles. The minimum absolute atomic E-state index is 0.878. The van der Waals surface area contributed by atoms with Crippen molar-refractivity contribution in [2.24, 2.45) is 0 Å². The maximum absolute atomic E-state index is 6.52. The first-order valence-electron chi connectivity index (χ1n) is 14.4. The van der Waals surface area contributed by atoms with Crippen LogP contribution >= 0.6 is 11.3 Å². The van der Waals surface area contributed by atoms with E-state index in [1.165, 1.54) is 26.2 Å². The standard InChI is InChI=1S/C39H24N2OS/c1-3-10-27(11-4-1)39-40-33-23-21-26-19-18-25-20-22-29(24-32(25)36(26)38(33)43-39)41(28-12-5-2-6-13-28)34-16-9-15-31-30-14-7-8-17-35(30)42-37(31)34/h1-24H. The van der Waals surface area contributed by atoms with Gasteiger partial charge in [0, 0.05) is 33.1 Å². The third-order valence-corrected chi connectivity index (χ3v) is 9.39. The first-order chi connectivity index (χ1) is 21.3. The van der Waals surface area contributed by atoms with Crippen LogP contribution in [0.1, 0.15) is 0 Å². The number of fused-ring (bicyclic) bond motifs is 8. The highest BCUT2D eigenvalue weighted by Gasteiger charge is 2.20. The molecule has 0 N–H and O–H groups in total. The van der Waals surface area contributed by atoms with E-state index < -0.39 is 0 Å². The molecule has 0 spiro atoms. The molecule has 0 amide bonds. The molecule has 202 valence electrons. The van der Waals surface area contributed by atoms with Gasteiger partial charge in [0.05, 0.1) is 15.9 Å². The van der Waals surface area contributed by atoms with Crippen LogP contribution in [0.2, 0.25) is 0 Å². The zero-order valence-electron chi connectivity index (χ0n) is 23.1. The Labute approximate surface area is 251 Å². The van der Waals surface area contributed by atoms with Crippen LogP contribution in [-0.2, 0) is 0 Å². The molecule has 0 aliphatic heterocycles. The SMILES string of the molecule is c1ccc(-c2nc3ccc4ccc5ccc(N(c6ccccc6)c6cccc7c6oc6ccccc67)cc5c4c3s2)cc1. The predicted molar refractivity (Wildman–Crippen MR) is 182 cm³/mol. The average Bonchev–Trinajstić information content (AvgIpc) is 3.68. The van der Waals surface area contributed by atoms with Gasteiger partial charge < -0.3 is 9.32 Å². The summed E-state index contributed by atoms with van der Waals surface area (Å²) < 4.78 is 7.73. The minimum atomic E-state index is 0.878. The Morgan fingerprint density at radius 1 is 0.558 bits per heavy atom. The summed E-state index contributed by atoms with van der Waals surface area (Å²) in [5.41, 5.74) is 7.10. The number of hydrogen-bond donors (Lipinski definition) is 0. The van der Waals surface area contributed by atoms with Crippen LogP contribution in [0.25, 0.3) is 64.3 Å². The molecule has 0 unspecified atom stereocenters. The number of nitrogens with zero attached hydrogens (tertiary/aromatic N) is 2. The molecule has 0 aliphatic rings. The largest absolute Gasteiger partial charge is 0.454 e. The molecule has 43 heavy (non-hydrogen) atoms. The van der Waals surface area contributed by atoms with Gasteiger partial charge in [-0.15, -0.1) is 11.3 Å². The summed E-state index contributed by atoms with van der Waals surface area (Å²) in [4.78, 5) is 7.35. The number of rotatable bonds is 4. The van der Waals surface area contributed by atoms with E-state index in [9.17, 15) is 0 Å². The molecular formula is C39H24N2OS. The molecule has 9 aromatic rings. The van der Waals surface area contributed by atoms with E-state index in [1.807, 2.05) is 18.2 Å². The van der Waals surface area contributed by atoms with Crippen molar-refractivity contribution in [1.82, 2.24) is 4.98 Å². The molecule has 0 bridgehead atoms. The highest BCUT2D eigenvalue weighted by atomic mass is 32.1. The number of furan rings is 1. The van der Waals surface area contributed by atoms with Gasteiger partial charge in [0.15, 0.2) is 5.58 Å². The van der Waals surface area contributed by atoms with Gasteiger partial charge in [-0.25, -0.2) is 4.98 Å². The summed E-state index contributed by atoms with van der Waals surface area (Å²) in [5, 5.41) is 8.14. The van der Waals surface area contributed by atoms with E-state index in [1.54, 1.807) is 11.3 Å². The Morgan fingerprint density at radius 2 is 1.28 bits per heavy atom. The van der Waals surface area contributed by atoms with Gasteiger partial charge in [0.1, 0.15) is 10.6 Å². The smallest absolute Gasteiger partial charge is 0.159 e. The minimum Gasteiger partial charge on any atom is -0.454 e. The molecule has 2 heterocycles. The third kappa shape index (κ3) is 3.84. The molecule has 7 aromatic carbocycles. The normalized spacial score (nSPS) is 11.7. The number of hydrogen-bond acceptors (Lipinski definition) is 4. The molecule has 3 nitrogen and oxygen atoms in total. The van der Waals surface area contributed by atoms with Gasteiger partial charge in [0.2, 0.25) is 0 Å². The van der Waals surface area contributed by atoms with E-state index in [0.29, 0.717) is 0 Å². The summed E-state index contributed by atoms with van der Waals surface area (Å²) in [5.74, 6) is 0. The maximum atomic E-state index is 6.52. The van der Waals surface area contributed by atoms with Crippen LogP contribution in [-0.4, -0.2) is 4.98 Å². The predicted octanol–water partition coefficient (Wildman–Crippen LogP) is 11.6. The van der Waals surface area contributed by atoms with E-state index in [0.717, 1.165) is 55.1 Å². The third-order valence-electron chi connectivity index (χ3n) is 8.26. The first kappa shape index (κ1) is 24.2. The number of benzene rings is 7. The second kappa shape index (κ2) is 9.55. The molecule has 0 atom stereocenters. The molecule has 0 saturated heterocycles. The number of aromatic nitrogens is 1. The Bertz CT molecular complexity index is 2460. The molecule has 0 fully saturated rings. The van der Waals surface area contributed by atoms with Gasteiger partial charge >= 0.3 is 0 Å². The van der Waals surface area contributed by atoms with Crippen molar-refractivity contribution in [2.75, 3.05) is 4.90 Å². The molecule has 9 rings (SSSR count). The summed E-state index contributed by atoms with van der Waals surface area (Å²) in [6.45, 7) is 0. The highest BCUT2D eigenvalue weighted by molar-refractivity contribution is 7.22. The lowest BCUT2D eigenvalue weighted by Crippen LogP contribution is -2.10. The van der Waals surface area contributed by atoms with Crippen molar-refractivity contribution < 1.29 is 4.42 Å². The number of thiazole rings is 1. The fourth-order valence-electron chi connectivity index (χ4n) is 6.27. The molecule has 0 radical (unpaired) electrons. The summed E-state index contributed by atoms with van der Waals surface area (Å²) in [6.07, 6.45) is 0. The van der Waals surface area contributed by atoms with Gasteiger partial charge in [-0.05, 0) is 58.6 Å². The van der Waals surface area contributed by atoms with E-state index in [4.69, 9.17) is 9.40 Å². The lowest BCUT2D eigenvalue weighted by molar-refractivity contribution is 0.669. The number of anilines is 3. The molecular weight excluding hydrogens is 545 g/mol. The summed E-state index contributed by atoms with van der Waals surface area (Å²) >= 11 is 1.77. The fraction of sp³-hybridized carbons (Fsp3) is 0. The van der Waals surface area contributed by atoms with Crippen LogP contribution in [0.5, 0.6) is 0 Å². The van der Waals surface area contributed by atoms with Crippen molar-refractivity contribution in [3.8, 4) is 10.6 Å². The zero-order valence-corrected chi connectivity index (χ0v) is 23.9. The Kier molecular flexibility index (Phi) is 5.37. The molecule has 4 heteroatoms. The van der Waals surface area contributed by atoms with Gasteiger partial charge in [-0.1, -0.05) is 103 Å². The van der Waals surface area contributed by atoms with Crippen LogP contribution < -0.4 is 4.90 Å². The molecule has 2 aromatic heterocycles. The quantitative estimate of drug-likeness (QED) is 0.198. The van der Waals surface area contributed by atoms with Crippen molar-refractivity contribution in [3.63, 3.8) is 0 Å². The maximum Gasteiger partial charge on any atom is 0.159 e. The van der Waals surface area contributed by atoms with Crippen molar-refractivity contribution in [3.05, 3.63) is 146 Å². The Hall–Kier alpha value is -5.45. The van der Waals surface area contributed by atoms with Crippen molar-refractivity contribution in [2.45, 2.75) is 0 Å². The fourth-order valence-corrected chi connectivity index (χ4v) is 7.40. The second-order valence-electron chi connectivity index (χ2n) is 10.8. The monoisotopic (exact) mass is 568 g/mol. The van der Waals surface area contributed by atoms with E-state index in [2.05, 4.69) is 132 Å². The van der Waals surface area contributed by atoms with Crippen LogP contribution in [0, 0.1) is 0 Å². The number of para-hydroxylation sites is 3. The average molecular weight is 569 g/mol. The summed E-state index contributed by atoms with van der Waals surface area (Å²) in [7, 11) is 0. The van der Waals surface area contributed by atoms with Crippen LogP contribution in [0.3, 0.4) is 0 Å².